The lowest BCUT2D eigenvalue weighted by Crippen LogP contribution is -2.17. The predicted molar refractivity (Wildman–Crippen MR) is 65.0 cm³/mol. The summed E-state index contributed by atoms with van der Waals surface area (Å²) in [6.07, 6.45) is 6.89. The number of aliphatic hydroxyl groups is 1. The SMILES string of the molecule is CCCCCC(CC)COCC(O)CC. The van der Waals surface area contributed by atoms with Crippen molar-refractivity contribution in [2.75, 3.05) is 13.2 Å². The molecule has 0 bridgehead atoms. The minimum absolute atomic E-state index is 0.279. The van der Waals surface area contributed by atoms with Gasteiger partial charge < -0.3 is 9.84 Å². The zero-order valence-electron chi connectivity index (χ0n) is 10.7. The van der Waals surface area contributed by atoms with E-state index in [0.717, 1.165) is 13.0 Å². The van der Waals surface area contributed by atoms with E-state index in [1.807, 2.05) is 6.92 Å². The molecule has 0 saturated carbocycles. The third-order valence-electron chi connectivity index (χ3n) is 2.93. The number of aliphatic hydroxyl groups excluding tert-OH is 1. The maximum atomic E-state index is 9.33. The van der Waals surface area contributed by atoms with Crippen molar-refractivity contribution in [3.8, 4) is 0 Å². The molecular weight excluding hydrogens is 188 g/mol. The monoisotopic (exact) mass is 216 g/mol. The Bertz CT molecular complexity index is 126. The molecule has 0 saturated heterocycles. The zero-order valence-corrected chi connectivity index (χ0v) is 10.7. The van der Waals surface area contributed by atoms with E-state index in [2.05, 4.69) is 13.8 Å². The van der Waals surface area contributed by atoms with Crippen molar-refractivity contribution in [2.24, 2.45) is 5.92 Å². The molecule has 15 heavy (non-hydrogen) atoms. The molecule has 0 amide bonds. The minimum Gasteiger partial charge on any atom is -0.391 e. The summed E-state index contributed by atoms with van der Waals surface area (Å²) in [5.74, 6) is 0.681. The molecule has 0 spiro atoms. The third kappa shape index (κ3) is 8.88. The fourth-order valence-electron chi connectivity index (χ4n) is 1.58. The highest BCUT2D eigenvalue weighted by Crippen LogP contribution is 2.14. The highest BCUT2D eigenvalue weighted by atomic mass is 16.5. The maximum absolute atomic E-state index is 9.33. The number of unbranched alkanes of at least 4 members (excludes halogenated alkanes) is 2. The Labute approximate surface area is 95.0 Å². The summed E-state index contributed by atoms with van der Waals surface area (Å²) in [6, 6.07) is 0. The average Bonchev–Trinajstić information content (AvgIpc) is 2.26. The summed E-state index contributed by atoms with van der Waals surface area (Å²) in [4.78, 5) is 0. The Morgan fingerprint density at radius 3 is 2.27 bits per heavy atom. The highest BCUT2D eigenvalue weighted by Gasteiger charge is 2.07. The molecule has 2 atom stereocenters. The van der Waals surface area contributed by atoms with Gasteiger partial charge in [0, 0.05) is 6.61 Å². The van der Waals surface area contributed by atoms with Gasteiger partial charge in [-0.1, -0.05) is 46.5 Å². The van der Waals surface area contributed by atoms with Crippen molar-refractivity contribution in [3.63, 3.8) is 0 Å². The summed E-state index contributed by atoms with van der Waals surface area (Å²) in [7, 11) is 0. The second-order valence-corrected chi connectivity index (χ2v) is 4.37. The number of ether oxygens (including phenoxy) is 1. The van der Waals surface area contributed by atoms with Crippen molar-refractivity contribution in [1.82, 2.24) is 0 Å². The Hall–Kier alpha value is -0.0800. The first-order valence-electron chi connectivity index (χ1n) is 6.50. The van der Waals surface area contributed by atoms with E-state index < -0.39 is 0 Å². The molecule has 0 aromatic carbocycles. The van der Waals surface area contributed by atoms with Gasteiger partial charge in [0.2, 0.25) is 0 Å². The molecule has 0 fully saturated rings. The summed E-state index contributed by atoms with van der Waals surface area (Å²) in [5.41, 5.74) is 0. The van der Waals surface area contributed by atoms with Crippen LogP contribution in [0.15, 0.2) is 0 Å². The van der Waals surface area contributed by atoms with Crippen molar-refractivity contribution in [2.45, 2.75) is 65.4 Å². The van der Waals surface area contributed by atoms with Gasteiger partial charge in [0.15, 0.2) is 0 Å². The van der Waals surface area contributed by atoms with Crippen LogP contribution >= 0.6 is 0 Å². The van der Waals surface area contributed by atoms with Crippen LogP contribution in [0.1, 0.15) is 59.3 Å². The van der Waals surface area contributed by atoms with Crippen LogP contribution in [0.4, 0.5) is 0 Å². The molecule has 0 rings (SSSR count). The number of rotatable bonds is 10. The normalized spacial score (nSPS) is 15.2. The largest absolute Gasteiger partial charge is 0.391 e. The molecule has 2 nitrogen and oxygen atoms in total. The average molecular weight is 216 g/mol. The third-order valence-corrected chi connectivity index (χ3v) is 2.93. The van der Waals surface area contributed by atoms with E-state index in [1.54, 1.807) is 0 Å². The van der Waals surface area contributed by atoms with Crippen LogP contribution < -0.4 is 0 Å². The molecule has 0 aromatic heterocycles. The van der Waals surface area contributed by atoms with Gasteiger partial charge >= 0.3 is 0 Å². The predicted octanol–water partition coefficient (Wildman–Crippen LogP) is 3.38. The quantitative estimate of drug-likeness (QED) is 0.567. The number of hydrogen-bond donors (Lipinski definition) is 1. The maximum Gasteiger partial charge on any atom is 0.0771 e. The molecule has 0 aromatic rings. The van der Waals surface area contributed by atoms with E-state index in [4.69, 9.17) is 4.74 Å². The second-order valence-electron chi connectivity index (χ2n) is 4.37. The van der Waals surface area contributed by atoms with Gasteiger partial charge in [0.05, 0.1) is 12.7 Å². The van der Waals surface area contributed by atoms with Gasteiger partial charge in [0.1, 0.15) is 0 Å². The smallest absolute Gasteiger partial charge is 0.0771 e. The summed E-state index contributed by atoms with van der Waals surface area (Å²) < 4.78 is 5.52. The molecule has 0 heterocycles. The van der Waals surface area contributed by atoms with Crippen molar-refractivity contribution in [3.05, 3.63) is 0 Å². The van der Waals surface area contributed by atoms with Crippen LogP contribution in [0, 0.1) is 5.92 Å². The summed E-state index contributed by atoms with van der Waals surface area (Å²) in [5, 5.41) is 9.33. The first kappa shape index (κ1) is 14.9. The van der Waals surface area contributed by atoms with Gasteiger partial charge in [-0.3, -0.25) is 0 Å². The molecule has 0 radical (unpaired) electrons. The van der Waals surface area contributed by atoms with Crippen LogP contribution in [-0.2, 0) is 4.74 Å². The Balaban J connectivity index is 3.43. The van der Waals surface area contributed by atoms with Gasteiger partial charge in [-0.05, 0) is 18.8 Å². The van der Waals surface area contributed by atoms with Crippen molar-refractivity contribution >= 4 is 0 Å². The topological polar surface area (TPSA) is 29.5 Å². The molecule has 2 unspecified atom stereocenters. The summed E-state index contributed by atoms with van der Waals surface area (Å²) in [6.45, 7) is 7.75. The fraction of sp³-hybridized carbons (Fsp3) is 1.00. The lowest BCUT2D eigenvalue weighted by atomic mass is 10.00. The van der Waals surface area contributed by atoms with Crippen LogP contribution in [0.5, 0.6) is 0 Å². The first-order valence-corrected chi connectivity index (χ1v) is 6.50. The highest BCUT2D eigenvalue weighted by molar-refractivity contribution is 4.57. The molecule has 0 aliphatic carbocycles. The van der Waals surface area contributed by atoms with Crippen LogP contribution in [-0.4, -0.2) is 24.4 Å². The second kappa shape index (κ2) is 10.4. The van der Waals surface area contributed by atoms with Crippen LogP contribution in [0.3, 0.4) is 0 Å². The number of hydrogen-bond acceptors (Lipinski definition) is 2. The van der Waals surface area contributed by atoms with E-state index in [-0.39, 0.29) is 6.10 Å². The van der Waals surface area contributed by atoms with Crippen molar-refractivity contribution in [1.29, 1.82) is 0 Å². The fourth-order valence-corrected chi connectivity index (χ4v) is 1.58. The molecule has 92 valence electrons. The molecule has 2 heteroatoms. The van der Waals surface area contributed by atoms with Crippen LogP contribution in [0.25, 0.3) is 0 Å². The Kier molecular flexibility index (Phi) is 10.4. The lowest BCUT2D eigenvalue weighted by Gasteiger charge is -2.16. The van der Waals surface area contributed by atoms with Crippen molar-refractivity contribution < 1.29 is 9.84 Å². The molecular formula is C13H28O2. The summed E-state index contributed by atoms with van der Waals surface area (Å²) >= 11 is 0. The Morgan fingerprint density at radius 2 is 1.73 bits per heavy atom. The van der Waals surface area contributed by atoms with E-state index >= 15 is 0 Å². The van der Waals surface area contributed by atoms with Gasteiger partial charge in [-0.25, -0.2) is 0 Å². The van der Waals surface area contributed by atoms with E-state index in [9.17, 15) is 5.11 Å². The molecule has 0 aliphatic rings. The molecule has 0 aliphatic heterocycles. The van der Waals surface area contributed by atoms with E-state index in [0.29, 0.717) is 12.5 Å². The first-order chi connectivity index (χ1) is 7.24. The zero-order chi connectivity index (χ0) is 11.5. The van der Waals surface area contributed by atoms with E-state index in [1.165, 1.54) is 32.1 Å². The molecule has 1 N–H and O–H groups in total. The van der Waals surface area contributed by atoms with Crippen LogP contribution in [0.2, 0.25) is 0 Å². The minimum atomic E-state index is -0.279. The standard InChI is InChI=1S/C13H28O2/c1-4-7-8-9-12(5-2)10-15-11-13(14)6-3/h12-14H,4-11H2,1-3H3. The van der Waals surface area contributed by atoms with Gasteiger partial charge in [0.25, 0.3) is 0 Å². The Morgan fingerprint density at radius 1 is 1.00 bits per heavy atom. The lowest BCUT2D eigenvalue weighted by molar-refractivity contribution is 0.0175. The van der Waals surface area contributed by atoms with Gasteiger partial charge in [-0.15, -0.1) is 0 Å². The van der Waals surface area contributed by atoms with Gasteiger partial charge in [-0.2, -0.15) is 0 Å².